The molecule has 0 unspecified atom stereocenters. The molecule has 10 nitrogen and oxygen atoms in total. The highest BCUT2D eigenvalue weighted by Crippen LogP contribution is 2.60. The Morgan fingerprint density at radius 1 is 1.19 bits per heavy atom. The summed E-state index contributed by atoms with van der Waals surface area (Å²) in [6.07, 6.45) is -0.579. The Morgan fingerprint density at radius 3 is 2.55 bits per heavy atom. The Morgan fingerprint density at radius 2 is 1.90 bits per heavy atom. The van der Waals surface area contributed by atoms with Crippen LogP contribution in [-0.2, 0) is 21.7 Å². The van der Waals surface area contributed by atoms with Crippen molar-refractivity contribution in [3.8, 4) is 0 Å². The maximum Gasteiger partial charge on any atom is 0.269 e. The lowest BCUT2D eigenvalue weighted by molar-refractivity contribution is -0.385. The van der Waals surface area contributed by atoms with Crippen LogP contribution < -0.4 is 16.0 Å². The van der Waals surface area contributed by atoms with Crippen LogP contribution in [0.2, 0.25) is 18.6 Å². The quantitative estimate of drug-likeness (QED) is 0.108. The minimum Gasteiger partial charge on any atom is -0.399 e. The number of nitrogens with zero attached hydrogens (tertiary/aromatic N) is 2. The van der Waals surface area contributed by atoms with E-state index in [-0.39, 0.29) is 31.2 Å². The minimum absolute atomic E-state index is 0.0822. The molecule has 3 aromatic carbocycles. The van der Waals surface area contributed by atoms with Gasteiger partial charge in [0.05, 0.1) is 23.3 Å². The van der Waals surface area contributed by atoms with Crippen LogP contribution in [0.15, 0.2) is 66.7 Å². The zero-order valence-corrected chi connectivity index (χ0v) is 24.5. The Kier molecular flexibility index (Phi) is 7.64. The largest absolute Gasteiger partial charge is 0.399 e. The second kappa shape index (κ2) is 10.9. The van der Waals surface area contributed by atoms with Crippen molar-refractivity contribution in [1.29, 1.82) is 0 Å². The zero-order chi connectivity index (χ0) is 30.4. The molecule has 4 atom stereocenters. The van der Waals surface area contributed by atoms with Crippen LogP contribution >= 0.6 is 0 Å². The molecule has 220 valence electrons. The third-order valence-electron chi connectivity index (χ3n) is 8.27. The van der Waals surface area contributed by atoms with Gasteiger partial charge in [-0.25, -0.2) is 0 Å². The monoisotopic (exact) mass is 592 g/mol. The first kappa shape index (κ1) is 29.4. The molecule has 0 aromatic heterocycles. The highest BCUT2D eigenvalue weighted by atomic mass is 28.4. The number of nitro benzene ring substituents is 1. The van der Waals surface area contributed by atoms with E-state index in [1.165, 1.54) is 23.1 Å². The number of nitrogens with one attached hydrogen (secondary N) is 1. The van der Waals surface area contributed by atoms with E-state index in [2.05, 4.69) is 5.32 Å². The summed E-state index contributed by atoms with van der Waals surface area (Å²) >= 11 is 0. The number of benzene rings is 3. The lowest BCUT2D eigenvalue weighted by atomic mass is 9.82. The minimum atomic E-state index is -3.41. The van der Waals surface area contributed by atoms with Crippen molar-refractivity contribution in [3.63, 3.8) is 0 Å². The number of fused-ring (bicyclic) bond motifs is 2. The van der Waals surface area contributed by atoms with Gasteiger partial charge in [-0.05, 0) is 67.5 Å². The van der Waals surface area contributed by atoms with Gasteiger partial charge in [0.2, 0.25) is 8.41 Å². The number of carbonyl (C=O) groups is 2. The molecule has 4 N–H and O–H groups in total. The number of rotatable bonds is 8. The van der Waals surface area contributed by atoms with E-state index in [1.54, 1.807) is 68.5 Å². The average molecular weight is 593 g/mol. The third-order valence-corrected chi connectivity index (χ3v) is 10.7. The second-order valence-corrected chi connectivity index (χ2v) is 15.2. The summed E-state index contributed by atoms with van der Waals surface area (Å²) in [6.45, 7) is 4.70. The number of non-ortho nitro benzene ring substituents is 1. The topological polar surface area (TPSA) is 148 Å². The SMILES string of the molecule is C[C@@H]1[C@@H]([Si](C)(C)F)[C@H](CCO)O[C@@]12C(=O)N(Cc1cccc(NC(=O)c3ccc(N)cc3)c1)c1ccc([N+](=O)[O-])cc12. The van der Waals surface area contributed by atoms with E-state index in [9.17, 15) is 24.8 Å². The van der Waals surface area contributed by atoms with E-state index < -0.39 is 42.4 Å². The number of aliphatic hydroxyl groups is 1. The summed E-state index contributed by atoms with van der Waals surface area (Å²) in [5, 5.41) is 24.3. The number of ether oxygens (including phenoxy) is 1. The molecule has 2 heterocycles. The van der Waals surface area contributed by atoms with Crippen LogP contribution in [0, 0.1) is 16.0 Å². The fourth-order valence-electron chi connectivity index (χ4n) is 6.47. The van der Waals surface area contributed by atoms with Crippen molar-refractivity contribution in [2.75, 3.05) is 22.6 Å². The van der Waals surface area contributed by atoms with Crippen molar-refractivity contribution in [3.05, 3.63) is 93.5 Å². The number of carbonyl (C=O) groups excluding carboxylic acids is 2. The molecule has 0 saturated carbocycles. The number of hydrogen-bond donors (Lipinski definition) is 3. The average Bonchev–Trinajstić information content (AvgIpc) is 3.35. The molecule has 0 bridgehead atoms. The summed E-state index contributed by atoms with van der Waals surface area (Å²) < 4.78 is 22.1. The number of nitrogens with two attached hydrogens (primary N) is 1. The Hall–Kier alpha value is -4.13. The number of halogens is 1. The normalized spacial score (nSPS) is 23.3. The maximum atomic E-state index is 15.7. The number of anilines is 3. The van der Waals surface area contributed by atoms with Crippen LogP contribution in [0.25, 0.3) is 0 Å². The molecule has 42 heavy (non-hydrogen) atoms. The standard InChI is InChI=1S/C30H33FN4O6Si/c1-18-27(42(2,3)31)26(13-14-36)41-30(18)24-16-23(35(39)40)11-12-25(24)34(29(30)38)17-19-5-4-6-22(15-19)33-28(37)20-7-9-21(32)10-8-20/h4-12,15-16,18,26-27,36H,13-14,17,32H2,1-3H3,(H,33,37)/t18-,26+,27-,30+/m1/s1. The van der Waals surface area contributed by atoms with E-state index >= 15 is 4.11 Å². The molecule has 1 saturated heterocycles. The first-order valence-corrected chi connectivity index (χ1v) is 16.7. The van der Waals surface area contributed by atoms with Gasteiger partial charge in [-0.3, -0.25) is 19.7 Å². The highest BCUT2D eigenvalue weighted by molar-refractivity contribution is 6.72. The fourth-order valence-corrected chi connectivity index (χ4v) is 9.01. The first-order chi connectivity index (χ1) is 19.9. The van der Waals surface area contributed by atoms with Gasteiger partial charge in [0, 0.05) is 52.7 Å². The smallest absolute Gasteiger partial charge is 0.269 e. The van der Waals surface area contributed by atoms with Gasteiger partial charge in [-0.1, -0.05) is 19.1 Å². The fraction of sp³-hybridized carbons (Fsp3) is 0.333. The molecule has 1 fully saturated rings. The summed E-state index contributed by atoms with van der Waals surface area (Å²) in [4.78, 5) is 39.8. The summed E-state index contributed by atoms with van der Waals surface area (Å²) in [7, 11) is -3.41. The Labute approximate surface area is 243 Å². The van der Waals surface area contributed by atoms with Crippen molar-refractivity contribution in [1.82, 2.24) is 0 Å². The number of aliphatic hydroxyl groups excluding tert-OH is 1. The van der Waals surface area contributed by atoms with Crippen molar-refractivity contribution >= 4 is 43.0 Å². The number of nitrogen functional groups attached to an aromatic ring is 1. The molecule has 5 rings (SSSR count). The number of amides is 2. The van der Waals surface area contributed by atoms with Crippen LogP contribution in [0.1, 0.15) is 34.8 Å². The molecular weight excluding hydrogens is 559 g/mol. The van der Waals surface area contributed by atoms with Gasteiger partial charge in [-0.15, -0.1) is 0 Å². The van der Waals surface area contributed by atoms with E-state index in [0.29, 0.717) is 33.8 Å². The van der Waals surface area contributed by atoms with Crippen LogP contribution in [0.3, 0.4) is 0 Å². The van der Waals surface area contributed by atoms with Gasteiger partial charge in [-0.2, -0.15) is 0 Å². The van der Waals surface area contributed by atoms with Gasteiger partial charge < -0.3 is 29.9 Å². The maximum absolute atomic E-state index is 15.7. The van der Waals surface area contributed by atoms with Gasteiger partial charge in [0.25, 0.3) is 17.5 Å². The second-order valence-electron chi connectivity index (χ2n) is 11.4. The van der Waals surface area contributed by atoms with Gasteiger partial charge in [0.15, 0.2) is 5.60 Å². The van der Waals surface area contributed by atoms with Crippen LogP contribution in [-0.4, -0.2) is 43.0 Å². The summed E-state index contributed by atoms with van der Waals surface area (Å²) in [6, 6.07) is 17.7. The predicted octanol–water partition coefficient (Wildman–Crippen LogP) is 5.13. The lowest BCUT2D eigenvalue weighted by Crippen LogP contribution is -2.45. The van der Waals surface area contributed by atoms with Crippen LogP contribution in [0.5, 0.6) is 0 Å². The molecule has 3 aromatic rings. The predicted molar refractivity (Wildman–Crippen MR) is 159 cm³/mol. The zero-order valence-electron chi connectivity index (χ0n) is 23.5. The Balaban J connectivity index is 1.51. The molecule has 0 radical (unpaired) electrons. The van der Waals surface area contributed by atoms with Gasteiger partial charge in [0.1, 0.15) is 0 Å². The lowest BCUT2D eigenvalue weighted by Gasteiger charge is -2.31. The molecule has 1 spiro atoms. The van der Waals surface area contributed by atoms with Crippen molar-refractivity contribution in [2.45, 2.75) is 50.2 Å². The van der Waals surface area contributed by atoms with Crippen molar-refractivity contribution < 1.29 is 28.5 Å². The van der Waals surface area contributed by atoms with Crippen LogP contribution in [0.4, 0.5) is 26.9 Å². The molecule has 2 amide bonds. The van der Waals surface area contributed by atoms with Crippen molar-refractivity contribution in [2.24, 2.45) is 5.92 Å². The number of nitro groups is 1. The number of hydrogen-bond acceptors (Lipinski definition) is 7. The third kappa shape index (κ3) is 5.06. The molecular formula is C30H33FN4O6Si. The molecule has 2 aliphatic heterocycles. The summed E-state index contributed by atoms with van der Waals surface area (Å²) in [5.74, 6) is -1.40. The molecule has 0 aliphatic carbocycles. The van der Waals surface area contributed by atoms with E-state index in [0.717, 1.165) is 0 Å². The Bertz CT molecular complexity index is 1550. The van der Waals surface area contributed by atoms with Gasteiger partial charge >= 0.3 is 0 Å². The molecule has 2 aliphatic rings. The summed E-state index contributed by atoms with van der Waals surface area (Å²) in [5.41, 5.74) is 6.19. The van der Waals surface area contributed by atoms with E-state index in [4.69, 9.17) is 10.5 Å². The first-order valence-electron chi connectivity index (χ1n) is 13.7. The molecule has 12 heteroatoms. The van der Waals surface area contributed by atoms with E-state index in [1.807, 2.05) is 0 Å². The highest BCUT2D eigenvalue weighted by Gasteiger charge is 2.66.